The number of hydrazone groups is 1. The van der Waals surface area contributed by atoms with Gasteiger partial charge in [0.25, 0.3) is 5.91 Å². The van der Waals surface area contributed by atoms with E-state index >= 15 is 0 Å². The Balaban J connectivity index is 1.44. The van der Waals surface area contributed by atoms with Crippen LogP contribution < -0.4 is 19.8 Å². The number of carbonyl (C=O) groups excluding carboxylic acids is 1. The first kappa shape index (κ1) is 22.7. The third kappa shape index (κ3) is 5.47. The van der Waals surface area contributed by atoms with E-state index in [-0.39, 0.29) is 23.2 Å². The van der Waals surface area contributed by atoms with Crippen LogP contribution >= 0.6 is 23.4 Å². The number of ether oxygens (including phenoxy) is 1. The molecule has 0 atom stereocenters. The molecule has 0 spiro atoms. The van der Waals surface area contributed by atoms with Crippen LogP contribution in [-0.2, 0) is 11.3 Å². The molecule has 0 bridgehead atoms. The molecule has 3 aromatic carbocycles. The largest absolute Gasteiger partial charge is 0.870 e. The molecule has 0 saturated heterocycles. The number of nitrogens with one attached hydrogen (secondary N) is 2. The number of aromatic amines is 1. The average Bonchev–Trinajstić information content (AvgIpc) is 3.17. The Kier molecular flexibility index (Phi) is 7.16. The smallest absolute Gasteiger partial charge is 0.317 e. The van der Waals surface area contributed by atoms with Gasteiger partial charge in [-0.2, -0.15) is 5.10 Å². The summed E-state index contributed by atoms with van der Waals surface area (Å²) in [4.78, 5) is 15.7. The predicted molar refractivity (Wildman–Crippen MR) is 128 cm³/mol. The second kappa shape index (κ2) is 10.4. The lowest BCUT2D eigenvalue weighted by atomic mass is 10.2. The van der Waals surface area contributed by atoms with Gasteiger partial charge in [-0.1, -0.05) is 59.8 Å². The molecule has 0 saturated carbocycles. The fraction of sp³-hybridized carbons (Fsp3) is 0.125. The van der Waals surface area contributed by atoms with Crippen molar-refractivity contribution in [3.05, 3.63) is 82.9 Å². The Morgan fingerprint density at radius 2 is 2.00 bits per heavy atom. The first-order chi connectivity index (χ1) is 16.0. The van der Waals surface area contributed by atoms with Crippen molar-refractivity contribution < 1.29 is 19.2 Å². The second-order valence-corrected chi connectivity index (χ2v) is 8.49. The summed E-state index contributed by atoms with van der Waals surface area (Å²) >= 11 is 7.75. The third-order valence-electron chi connectivity index (χ3n) is 4.90. The van der Waals surface area contributed by atoms with Crippen LogP contribution in [0, 0.1) is 0 Å². The Morgan fingerprint density at radius 3 is 2.82 bits per heavy atom. The van der Waals surface area contributed by atoms with E-state index in [1.165, 1.54) is 31.2 Å². The summed E-state index contributed by atoms with van der Waals surface area (Å²) < 4.78 is 7.11. The van der Waals surface area contributed by atoms with Gasteiger partial charge in [0, 0.05) is 10.6 Å². The molecule has 0 fully saturated rings. The second-order valence-electron chi connectivity index (χ2n) is 7.12. The number of fused-ring (bicyclic) bond motifs is 1. The normalized spacial score (nSPS) is 11.2. The van der Waals surface area contributed by atoms with Crippen LogP contribution in [0.1, 0.15) is 11.1 Å². The molecule has 0 aliphatic carbocycles. The summed E-state index contributed by atoms with van der Waals surface area (Å²) in [5, 5.41) is 17.1. The zero-order valence-corrected chi connectivity index (χ0v) is 19.3. The van der Waals surface area contributed by atoms with Crippen LogP contribution in [-0.4, -0.2) is 30.0 Å². The van der Waals surface area contributed by atoms with Gasteiger partial charge in [0.05, 0.1) is 19.1 Å². The molecule has 1 aromatic heterocycles. The maximum absolute atomic E-state index is 12.4. The molecule has 4 aromatic rings. The highest BCUT2D eigenvalue weighted by molar-refractivity contribution is 7.99. The van der Waals surface area contributed by atoms with Crippen LogP contribution in [0.4, 0.5) is 0 Å². The molecule has 0 aliphatic heterocycles. The number of hydrogen-bond acceptors (Lipinski definition) is 5. The highest BCUT2D eigenvalue weighted by Crippen LogP contribution is 2.23. The Bertz CT molecular complexity index is 1320. The van der Waals surface area contributed by atoms with Crippen LogP contribution in [0.25, 0.3) is 11.0 Å². The summed E-state index contributed by atoms with van der Waals surface area (Å²) in [6.45, 7) is 0.573. The summed E-state index contributed by atoms with van der Waals surface area (Å²) in [6.07, 6.45) is 1.46. The fourth-order valence-electron chi connectivity index (χ4n) is 3.28. The highest BCUT2D eigenvalue weighted by atomic mass is 35.5. The molecular weight excluding hydrogens is 460 g/mol. The lowest BCUT2D eigenvalue weighted by Crippen LogP contribution is -2.36. The first-order valence-corrected chi connectivity index (χ1v) is 11.4. The van der Waals surface area contributed by atoms with Gasteiger partial charge in [-0.15, -0.1) is 0 Å². The van der Waals surface area contributed by atoms with E-state index in [9.17, 15) is 9.90 Å². The van der Waals surface area contributed by atoms with Crippen LogP contribution in [0.15, 0.2) is 77.0 Å². The van der Waals surface area contributed by atoms with E-state index in [2.05, 4.69) is 20.1 Å². The lowest BCUT2D eigenvalue weighted by molar-refractivity contribution is -0.700. The first-order valence-electron chi connectivity index (χ1n) is 10.1. The molecule has 0 aliphatic rings. The number of imidazole rings is 1. The molecule has 168 valence electrons. The number of rotatable bonds is 8. The molecule has 7 nitrogen and oxygen atoms in total. The van der Waals surface area contributed by atoms with Gasteiger partial charge in [-0.25, -0.2) is 15.0 Å². The number of halogens is 1. The predicted octanol–water partition coefficient (Wildman–Crippen LogP) is 3.48. The number of aromatic nitrogens is 2. The van der Waals surface area contributed by atoms with E-state index in [1.807, 2.05) is 48.5 Å². The van der Waals surface area contributed by atoms with E-state index in [0.717, 1.165) is 21.8 Å². The van der Waals surface area contributed by atoms with Crippen molar-refractivity contribution in [3.8, 4) is 11.5 Å². The van der Waals surface area contributed by atoms with Crippen molar-refractivity contribution in [1.82, 2.24) is 10.4 Å². The number of hydrogen-bond donors (Lipinski definition) is 2. The molecule has 4 rings (SSSR count). The van der Waals surface area contributed by atoms with Crippen LogP contribution in [0.5, 0.6) is 11.5 Å². The quantitative estimate of drug-likeness (QED) is 0.175. The molecule has 1 heterocycles. The maximum atomic E-state index is 12.4. The Hall–Kier alpha value is -3.49. The minimum Gasteiger partial charge on any atom is -0.870 e. The number of methoxy groups -OCH3 is 1. The summed E-state index contributed by atoms with van der Waals surface area (Å²) in [5.74, 6) is -0.0805. The number of benzene rings is 3. The minimum atomic E-state index is -0.258. The maximum Gasteiger partial charge on any atom is 0.317 e. The molecule has 9 heteroatoms. The average molecular weight is 481 g/mol. The van der Waals surface area contributed by atoms with Crippen molar-refractivity contribution in [2.45, 2.75) is 11.7 Å². The van der Waals surface area contributed by atoms with E-state index in [4.69, 9.17) is 16.3 Å². The van der Waals surface area contributed by atoms with Crippen LogP contribution in [0.3, 0.4) is 0 Å². The molecular formula is C24H21ClN4O3S. The summed E-state index contributed by atoms with van der Waals surface area (Å²) in [6, 6.07) is 20.2. The minimum absolute atomic E-state index is 0.162. The molecule has 2 N–H and O–H groups in total. The van der Waals surface area contributed by atoms with Crippen molar-refractivity contribution in [2.24, 2.45) is 5.10 Å². The third-order valence-corrected chi connectivity index (χ3v) is 6.27. The van der Waals surface area contributed by atoms with Gasteiger partial charge in [0.2, 0.25) is 0 Å². The van der Waals surface area contributed by atoms with Crippen LogP contribution in [0.2, 0.25) is 5.02 Å². The highest BCUT2D eigenvalue weighted by Gasteiger charge is 2.21. The Morgan fingerprint density at radius 1 is 1.21 bits per heavy atom. The monoisotopic (exact) mass is 480 g/mol. The molecule has 33 heavy (non-hydrogen) atoms. The van der Waals surface area contributed by atoms with E-state index in [1.54, 1.807) is 12.1 Å². The van der Waals surface area contributed by atoms with Gasteiger partial charge >= 0.3 is 5.16 Å². The van der Waals surface area contributed by atoms with Gasteiger partial charge in [-0.05, 0) is 41.6 Å². The SMILES string of the molecule is COc1cc(/C=N/NC(=O)CSc2[nH]c3ccccc3[n+]2Cc2ccccc2Cl)ccc1[O-]. The standard InChI is InChI=1S/C24H21ClN4O3S/c1-32-22-12-16(10-11-21(22)30)13-26-28-23(31)15-33-24-27-19-8-4-5-9-20(19)29(24)14-17-6-2-3-7-18(17)25/h2-13H,14-15H2,1H3,(H2,26,28,30,31). The van der Waals surface area contributed by atoms with Gasteiger partial charge < -0.3 is 9.84 Å². The van der Waals surface area contributed by atoms with Gasteiger partial charge in [-0.3, -0.25) is 4.79 Å². The number of amides is 1. The number of para-hydroxylation sites is 2. The molecule has 1 amide bonds. The number of H-pyrrole nitrogens is 1. The number of thioether (sulfide) groups is 1. The van der Waals surface area contributed by atoms with Crippen molar-refractivity contribution in [1.29, 1.82) is 0 Å². The van der Waals surface area contributed by atoms with Gasteiger partial charge in [0.1, 0.15) is 12.3 Å². The Labute approximate surface area is 200 Å². The lowest BCUT2D eigenvalue weighted by Gasteiger charge is -2.11. The summed E-state index contributed by atoms with van der Waals surface area (Å²) in [5.41, 5.74) is 6.14. The fourth-order valence-corrected chi connectivity index (χ4v) is 4.31. The molecule has 0 unspecified atom stereocenters. The van der Waals surface area contributed by atoms with E-state index < -0.39 is 0 Å². The zero-order valence-electron chi connectivity index (χ0n) is 17.7. The van der Waals surface area contributed by atoms with Crippen molar-refractivity contribution in [3.63, 3.8) is 0 Å². The number of nitrogens with zero attached hydrogens (tertiary/aromatic N) is 2. The molecule has 0 radical (unpaired) electrons. The van der Waals surface area contributed by atoms with E-state index in [0.29, 0.717) is 17.1 Å². The van der Waals surface area contributed by atoms with Crippen molar-refractivity contribution >= 4 is 46.5 Å². The number of carbonyl (C=O) groups is 1. The topological polar surface area (TPSA) is 93.4 Å². The van der Waals surface area contributed by atoms with Crippen molar-refractivity contribution in [2.75, 3.05) is 12.9 Å². The zero-order chi connectivity index (χ0) is 23.2. The van der Waals surface area contributed by atoms with Gasteiger partial charge in [0.15, 0.2) is 11.0 Å². The summed E-state index contributed by atoms with van der Waals surface area (Å²) in [7, 11) is 1.43.